The lowest BCUT2D eigenvalue weighted by molar-refractivity contribution is 0.102. The molecule has 0 aliphatic carbocycles. The van der Waals surface area contributed by atoms with Gasteiger partial charge in [-0.3, -0.25) is 4.79 Å². The lowest BCUT2D eigenvalue weighted by Gasteiger charge is -2.32. The summed E-state index contributed by atoms with van der Waals surface area (Å²) in [5.74, 6) is 2.73. The number of aromatic nitrogens is 4. The molecule has 11 heteroatoms. The molecule has 1 saturated heterocycles. The molecule has 39 heavy (non-hydrogen) atoms. The van der Waals surface area contributed by atoms with Crippen LogP contribution < -0.4 is 25.0 Å². The van der Waals surface area contributed by atoms with Crippen LogP contribution in [-0.4, -0.2) is 78.2 Å². The standard InChI is InChI=1S/C28H30N8O3/c1-35-13-15-36(16-14-35)28-33-25(19-9-10-22(38-2)23(17-19)39-3)32-27(34-28)31-24-18-20(11-12-29-24)26(37)30-21-7-5-4-6-8-21/h4-12,17-18H,13-16H2,1-3H3,(H,30,37)(H,29,31,32,33,34). The minimum Gasteiger partial charge on any atom is -0.493 e. The lowest BCUT2D eigenvalue weighted by Crippen LogP contribution is -2.45. The largest absolute Gasteiger partial charge is 0.493 e. The van der Waals surface area contributed by atoms with E-state index in [0.29, 0.717) is 46.3 Å². The number of amides is 1. The number of likely N-dealkylation sites (N-methyl/N-ethyl adjacent to an activating group) is 1. The Hall–Kier alpha value is -4.77. The first-order chi connectivity index (χ1) is 19.0. The van der Waals surface area contributed by atoms with Crippen LogP contribution in [-0.2, 0) is 0 Å². The number of carbonyl (C=O) groups is 1. The normalized spacial score (nSPS) is 13.6. The molecule has 2 aromatic heterocycles. The van der Waals surface area contributed by atoms with Gasteiger partial charge in [-0.2, -0.15) is 15.0 Å². The maximum atomic E-state index is 12.8. The van der Waals surface area contributed by atoms with E-state index in [1.165, 1.54) is 0 Å². The monoisotopic (exact) mass is 526 g/mol. The van der Waals surface area contributed by atoms with E-state index in [4.69, 9.17) is 19.4 Å². The van der Waals surface area contributed by atoms with Crippen molar-refractivity contribution < 1.29 is 14.3 Å². The van der Waals surface area contributed by atoms with Crippen LogP contribution in [0.4, 0.5) is 23.4 Å². The van der Waals surface area contributed by atoms with E-state index < -0.39 is 0 Å². The fourth-order valence-electron chi connectivity index (χ4n) is 4.15. The first-order valence-corrected chi connectivity index (χ1v) is 12.5. The molecule has 2 aromatic carbocycles. The molecule has 0 radical (unpaired) electrons. The maximum absolute atomic E-state index is 12.8. The van der Waals surface area contributed by atoms with Gasteiger partial charge < -0.3 is 29.9 Å². The van der Waals surface area contributed by atoms with E-state index in [-0.39, 0.29) is 5.91 Å². The molecule has 0 saturated carbocycles. The maximum Gasteiger partial charge on any atom is 0.255 e. The number of piperazine rings is 1. The van der Waals surface area contributed by atoms with Crippen molar-refractivity contribution in [2.24, 2.45) is 0 Å². The average molecular weight is 527 g/mol. The number of carbonyl (C=O) groups excluding carboxylic acids is 1. The van der Waals surface area contributed by atoms with Crippen LogP contribution >= 0.6 is 0 Å². The van der Waals surface area contributed by atoms with Gasteiger partial charge in [-0.25, -0.2) is 4.98 Å². The van der Waals surface area contributed by atoms with E-state index in [1.54, 1.807) is 32.5 Å². The molecule has 200 valence electrons. The molecule has 3 heterocycles. The fourth-order valence-corrected chi connectivity index (χ4v) is 4.15. The second kappa shape index (κ2) is 11.7. The Morgan fingerprint density at radius 3 is 2.38 bits per heavy atom. The van der Waals surface area contributed by atoms with Crippen LogP contribution in [0, 0.1) is 0 Å². The fraction of sp³-hybridized carbons (Fsp3) is 0.250. The third-order valence-corrected chi connectivity index (χ3v) is 6.35. The lowest BCUT2D eigenvalue weighted by atomic mass is 10.2. The smallest absolute Gasteiger partial charge is 0.255 e. The molecular weight excluding hydrogens is 496 g/mol. The number of rotatable bonds is 8. The van der Waals surface area contributed by atoms with Crippen molar-refractivity contribution >= 4 is 29.3 Å². The molecular formula is C28H30N8O3. The van der Waals surface area contributed by atoms with Crippen LogP contribution in [0.5, 0.6) is 11.5 Å². The highest BCUT2D eigenvalue weighted by molar-refractivity contribution is 6.04. The molecule has 5 rings (SSSR count). The summed E-state index contributed by atoms with van der Waals surface area (Å²) >= 11 is 0. The first-order valence-electron chi connectivity index (χ1n) is 12.5. The molecule has 0 unspecified atom stereocenters. The van der Waals surface area contributed by atoms with Crippen molar-refractivity contribution in [3.8, 4) is 22.9 Å². The zero-order valence-corrected chi connectivity index (χ0v) is 22.1. The predicted molar refractivity (Wildman–Crippen MR) is 150 cm³/mol. The molecule has 11 nitrogen and oxygen atoms in total. The van der Waals surface area contributed by atoms with Crippen molar-refractivity contribution in [3.05, 3.63) is 72.4 Å². The summed E-state index contributed by atoms with van der Waals surface area (Å²) in [5.41, 5.74) is 1.91. The Morgan fingerprint density at radius 2 is 1.64 bits per heavy atom. The Kier molecular flexibility index (Phi) is 7.78. The van der Waals surface area contributed by atoms with Crippen LogP contribution in [0.25, 0.3) is 11.4 Å². The average Bonchev–Trinajstić information content (AvgIpc) is 2.97. The van der Waals surface area contributed by atoms with Crippen LogP contribution in [0.1, 0.15) is 10.4 Å². The molecule has 4 aromatic rings. The second-order valence-electron chi connectivity index (χ2n) is 9.02. The van der Waals surface area contributed by atoms with Gasteiger partial charge in [-0.1, -0.05) is 18.2 Å². The summed E-state index contributed by atoms with van der Waals surface area (Å²) in [5, 5.41) is 6.05. The summed E-state index contributed by atoms with van der Waals surface area (Å²) in [6, 6.07) is 18.1. The van der Waals surface area contributed by atoms with Gasteiger partial charge >= 0.3 is 0 Å². The summed E-state index contributed by atoms with van der Waals surface area (Å²) in [6.45, 7) is 3.39. The summed E-state index contributed by atoms with van der Waals surface area (Å²) < 4.78 is 10.9. The molecule has 0 atom stereocenters. The second-order valence-corrected chi connectivity index (χ2v) is 9.02. The Bertz CT molecular complexity index is 1440. The number of methoxy groups -OCH3 is 2. The van der Waals surface area contributed by atoms with Gasteiger partial charge in [0.05, 0.1) is 14.2 Å². The Morgan fingerprint density at radius 1 is 0.872 bits per heavy atom. The molecule has 1 amide bonds. The van der Waals surface area contributed by atoms with Crippen molar-refractivity contribution in [1.29, 1.82) is 0 Å². The van der Waals surface area contributed by atoms with Gasteiger partial charge in [0.25, 0.3) is 5.91 Å². The number of pyridine rings is 1. The third kappa shape index (κ3) is 6.21. The number of anilines is 4. The molecule has 2 N–H and O–H groups in total. The first kappa shape index (κ1) is 25.9. The van der Waals surface area contributed by atoms with Crippen molar-refractivity contribution in [1.82, 2.24) is 24.8 Å². The Balaban J connectivity index is 1.46. The van der Waals surface area contributed by atoms with Crippen LogP contribution in [0.15, 0.2) is 66.9 Å². The van der Waals surface area contributed by atoms with Crippen LogP contribution in [0.2, 0.25) is 0 Å². The minimum atomic E-state index is -0.244. The number of benzene rings is 2. The number of hydrogen-bond donors (Lipinski definition) is 2. The van der Waals surface area contributed by atoms with Gasteiger partial charge in [0, 0.05) is 49.2 Å². The quantitative estimate of drug-likeness (QED) is 0.352. The molecule has 1 fully saturated rings. The van der Waals surface area contributed by atoms with E-state index in [1.807, 2.05) is 48.5 Å². The number of nitrogens with one attached hydrogen (secondary N) is 2. The zero-order chi connectivity index (χ0) is 27.2. The van der Waals surface area contributed by atoms with Gasteiger partial charge in [-0.15, -0.1) is 0 Å². The molecule has 1 aliphatic heterocycles. The van der Waals surface area contributed by atoms with E-state index in [0.717, 1.165) is 31.7 Å². The number of para-hydroxylation sites is 1. The van der Waals surface area contributed by atoms with Crippen molar-refractivity contribution in [3.63, 3.8) is 0 Å². The summed E-state index contributed by atoms with van der Waals surface area (Å²) in [7, 11) is 5.28. The van der Waals surface area contributed by atoms with Gasteiger partial charge in [0.15, 0.2) is 17.3 Å². The van der Waals surface area contributed by atoms with Crippen molar-refractivity contribution in [2.75, 3.05) is 63.0 Å². The number of ether oxygens (including phenoxy) is 2. The minimum absolute atomic E-state index is 0.244. The third-order valence-electron chi connectivity index (χ3n) is 6.35. The highest BCUT2D eigenvalue weighted by Gasteiger charge is 2.20. The summed E-state index contributed by atoms with van der Waals surface area (Å²) in [6.07, 6.45) is 1.57. The van der Waals surface area contributed by atoms with E-state index in [9.17, 15) is 4.79 Å². The van der Waals surface area contributed by atoms with Gasteiger partial charge in [-0.05, 0) is 49.5 Å². The number of hydrogen-bond acceptors (Lipinski definition) is 10. The zero-order valence-electron chi connectivity index (χ0n) is 22.1. The predicted octanol–water partition coefficient (Wildman–Crippen LogP) is 3.70. The molecule has 0 spiro atoms. The SMILES string of the molecule is COc1ccc(-c2nc(Nc3cc(C(=O)Nc4ccccc4)ccn3)nc(N3CCN(C)CC3)n2)cc1OC. The van der Waals surface area contributed by atoms with Crippen LogP contribution in [0.3, 0.4) is 0 Å². The molecule has 0 bridgehead atoms. The van der Waals surface area contributed by atoms with Crippen molar-refractivity contribution in [2.45, 2.75) is 0 Å². The topological polar surface area (TPSA) is 118 Å². The van der Waals surface area contributed by atoms with Gasteiger partial charge in [0.2, 0.25) is 11.9 Å². The molecule has 1 aliphatic rings. The van der Waals surface area contributed by atoms with E-state index >= 15 is 0 Å². The van der Waals surface area contributed by atoms with E-state index in [2.05, 4.69) is 37.4 Å². The number of nitrogens with zero attached hydrogens (tertiary/aromatic N) is 6. The highest BCUT2D eigenvalue weighted by Crippen LogP contribution is 2.32. The highest BCUT2D eigenvalue weighted by atomic mass is 16.5. The Labute approximate surface area is 226 Å². The van der Waals surface area contributed by atoms with Gasteiger partial charge in [0.1, 0.15) is 5.82 Å². The summed E-state index contributed by atoms with van der Waals surface area (Å²) in [4.78, 5) is 35.8.